The number of nitrogens with one attached hydrogen (secondary N) is 2. The molecule has 1 aromatic carbocycles. The highest BCUT2D eigenvalue weighted by Gasteiger charge is 2.23. The van der Waals surface area contributed by atoms with Crippen molar-refractivity contribution in [1.82, 2.24) is 15.3 Å². The summed E-state index contributed by atoms with van der Waals surface area (Å²) >= 11 is 0. The number of anilines is 2. The zero-order valence-electron chi connectivity index (χ0n) is 18.7. The first-order valence-corrected chi connectivity index (χ1v) is 11.1. The molecule has 0 saturated heterocycles. The molecule has 6 heteroatoms. The van der Waals surface area contributed by atoms with E-state index < -0.39 is 0 Å². The van der Waals surface area contributed by atoms with E-state index in [4.69, 9.17) is 0 Å². The molecule has 0 bridgehead atoms. The molecule has 1 aliphatic rings. The third-order valence-electron chi connectivity index (χ3n) is 5.73. The van der Waals surface area contributed by atoms with Gasteiger partial charge in [0.2, 0.25) is 5.95 Å². The molecule has 2 aromatic rings. The third kappa shape index (κ3) is 6.18. The number of unbranched alkanes of at least 4 members (excludes halogenated alkanes) is 1. The van der Waals surface area contributed by atoms with Gasteiger partial charge < -0.3 is 15.5 Å². The Hall–Kier alpha value is -2.63. The highest BCUT2D eigenvalue weighted by Crippen LogP contribution is 2.22. The summed E-state index contributed by atoms with van der Waals surface area (Å²) in [6.45, 7) is 4.18. The fourth-order valence-electron chi connectivity index (χ4n) is 3.88. The summed E-state index contributed by atoms with van der Waals surface area (Å²) in [4.78, 5) is 23.7. The van der Waals surface area contributed by atoms with Crippen molar-refractivity contribution in [3.05, 3.63) is 47.2 Å². The molecular formula is C24H35N5O. The van der Waals surface area contributed by atoms with Gasteiger partial charge in [-0.2, -0.15) is 4.98 Å². The molecule has 1 aromatic heterocycles. The Bertz CT molecular complexity index is 826. The van der Waals surface area contributed by atoms with Crippen LogP contribution in [0.2, 0.25) is 0 Å². The Morgan fingerprint density at radius 2 is 1.73 bits per heavy atom. The van der Waals surface area contributed by atoms with E-state index in [1.54, 1.807) is 0 Å². The van der Waals surface area contributed by atoms with Crippen LogP contribution < -0.4 is 15.5 Å². The Morgan fingerprint density at radius 3 is 2.37 bits per heavy atom. The molecule has 0 aliphatic heterocycles. The van der Waals surface area contributed by atoms with Crippen LogP contribution in [0.3, 0.4) is 0 Å². The average molecular weight is 410 g/mol. The van der Waals surface area contributed by atoms with Crippen LogP contribution in [0.25, 0.3) is 0 Å². The van der Waals surface area contributed by atoms with Gasteiger partial charge in [0.25, 0.3) is 5.91 Å². The van der Waals surface area contributed by atoms with Gasteiger partial charge in [0.1, 0.15) is 5.82 Å². The van der Waals surface area contributed by atoms with E-state index in [0.29, 0.717) is 12.0 Å². The first-order chi connectivity index (χ1) is 14.4. The largest absolute Gasteiger partial charge is 0.363 e. The van der Waals surface area contributed by atoms with Crippen molar-refractivity contribution in [2.45, 2.75) is 70.9 Å². The summed E-state index contributed by atoms with van der Waals surface area (Å²) in [6, 6.07) is 10.6. The zero-order chi connectivity index (χ0) is 21.5. The van der Waals surface area contributed by atoms with Crippen LogP contribution in [0.4, 0.5) is 11.8 Å². The van der Waals surface area contributed by atoms with E-state index >= 15 is 0 Å². The fraction of sp³-hybridized carbons (Fsp3) is 0.542. The Labute approximate surface area is 180 Å². The molecule has 1 aliphatic carbocycles. The van der Waals surface area contributed by atoms with Gasteiger partial charge in [-0.3, -0.25) is 4.79 Å². The summed E-state index contributed by atoms with van der Waals surface area (Å²) in [5.41, 5.74) is 3.01. The SMILES string of the molecule is CCCCc1ccc(C(=O)NC2CCC(Nc3nc(C)cc(N(C)C)n3)CC2)cc1. The summed E-state index contributed by atoms with van der Waals surface area (Å²) in [6.07, 6.45) is 7.37. The molecule has 1 fully saturated rings. The maximum Gasteiger partial charge on any atom is 0.251 e. The minimum Gasteiger partial charge on any atom is -0.363 e. The van der Waals surface area contributed by atoms with E-state index in [1.165, 1.54) is 18.4 Å². The zero-order valence-corrected chi connectivity index (χ0v) is 18.7. The van der Waals surface area contributed by atoms with E-state index in [9.17, 15) is 4.79 Å². The number of benzene rings is 1. The monoisotopic (exact) mass is 409 g/mol. The maximum atomic E-state index is 12.6. The van der Waals surface area contributed by atoms with Crippen LogP contribution in [0.5, 0.6) is 0 Å². The van der Waals surface area contributed by atoms with E-state index in [0.717, 1.165) is 49.2 Å². The van der Waals surface area contributed by atoms with Crippen molar-refractivity contribution in [3.63, 3.8) is 0 Å². The summed E-state index contributed by atoms with van der Waals surface area (Å²) in [5.74, 6) is 1.63. The molecule has 0 atom stereocenters. The average Bonchev–Trinajstić information content (AvgIpc) is 2.73. The smallest absolute Gasteiger partial charge is 0.251 e. The molecule has 0 spiro atoms. The van der Waals surface area contributed by atoms with Crippen molar-refractivity contribution in [3.8, 4) is 0 Å². The van der Waals surface area contributed by atoms with Crippen molar-refractivity contribution >= 4 is 17.7 Å². The maximum absolute atomic E-state index is 12.6. The number of rotatable bonds is 8. The Balaban J connectivity index is 1.48. The van der Waals surface area contributed by atoms with Crippen LogP contribution in [0.15, 0.2) is 30.3 Å². The molecule has 1 heterocycles. The van der Waals surface area contributed by atoms with Crippen LogP contribution in [-0.4, -0.2) is 42.1 Å². The third-order valence-corrected chi connectivity index (χ3v) is 5.73. The lowest BCUT2D eigenvalue weighted by atomic mass is 9.91. The van der Waals surface area contributed by atoms with Gasteiger partial charge in [-0.05, 0) is 63.1 Å². The standard InChI is InChI=1S/C24H35N5O/c1-5-6-7-18-8-10-19(11-9-18)23(30)26-20-12-14-21(15-13-20)27-24-25-17(2)16-22(28-24)29(3)4/h8-11,16,20-21H,5-7,12-15H2,1-4H3,(H,26,30)(H,25,27,28). The predicted octanol–water partition coefficient (Wildman–Crippen LogP) is 4.35. The van der Waals surface area contributed by atoms with Gasteiger partial charge in [0.15, 0.2) is 0 Å². The molecule has 2 N–H and O–H groups in total. The molecule has 1 saturated carbocycles. The number of aryl methyl sites for hydroxylation is 2. The minimum atomic E-state index is 0.0334. The van der Waals surface area contributed by atoms with Crippen molar-refractivity contribution in [2.75, 3.05) is 24.3 Å². The molecule has 6 nitrogen and oxygen atoms in total. The molecule has 0 radical (unpaired) electrons. The molecule has 3 rings (SSSR count). The summed E-state index contributed by atoms with van der Waals surface area (Å²) in [7, 11) is 3.97. The summed E-state index contributed by atoms with van der Waals surface area (Å²) in [5, 5.41) is 6.69. The fourth-order valence-corrected chi connectivity index (χ4v) is 3.88. The first-order valence-electron chi connectivity index (χ1n) is 11.1. The second-order valence-electron chi connectivity index (χ2n) is 8.55. The second kappa shape index (κ2) is 10.4. The number of nitrogens with zero attached hydrogens (tertiary/aromatic N) is 3. The number of hydrogen-bond acceptors (Lipinski definition) is 5. The minimum absolute atomic E-state index is 0.0334. The number of carbonyl (C=O) groups is 1. The van der Waals surface area contributed by atoms with Gasteiger partial charge in [-0.25, -0.2) is 4.98 Å². The number of amides is 1. The Kier molecular flexibility index (Phi) is 7.66. The topological polar surface area (TPSA) is 70.2 Å². The molecular weight excluding hydrogens is 374 g/mol. The van der Waals surface area contributed by atoms with Gasteiger partial charge in [0, 0.05) is 43.5 Å². The van der Waals surface area contributed by atoms with Crippen molar-refractivity contribution in [2.24, 2.45) is 0 Å². The first kappa shape index (κ1) is 22.1. The van der Waals surface area contributed by atoms with Gasteiger partial charge in [0.05, 0.1) is 0 Å². The van der Waals surface area contributed by atoms with Crippen molar-refractivity contribution < 1.29 is 4.79 Å². The second-order valence-corrected chi connectivity index (χ2v) is 8.55. The highest BCUT2D eigenvalue weighted by molar-refractivity contribution is 5.94. The Morgan fingerprint density at radius 1 is 1.07 bits per heavy atom. The molecule has 0 unspecified atom stereocenters. The van der Waals surface area contributed by atoms with Gasteiger partial charge in [-0.15, -0.1) is 0 Å². The highest BCUT2D eigenvalue weighted by atomic mass is 16.1. The van der Waals surface area contributed by atoms with Gasteiger partial charge >= 0.3 is 0 Å². The van der Waals surface area contributed by atoms with Crippen molar-refractivity contribution in [1.29, 1.82) is 0 Å². The number of aromatic nitrogens is 2. The lowest BCUT2D eigenvalue weighted by molar-refractivity contribution is 0.0926. The molecule has 1 amide bonds. The van der Waals surface area contributed by atoms with E-state index in [1.807, 2.05) is 44.1 Å². The molecule has 162 valence electrons. The molecule has 30 heavy (non-hydrogen) atoms. The number of carbonyl (C=O) groups excluding carboxylic acids is 1. The van der Waals surface area contributed by atoms with Crippen LogP contribution in [0, 0.1) is 6.92 Å². The summed E-state index contributed by atoms with van der Waals surface area (Å²) < 4.78 is 0. The van der Waals surface area contributed by atoms with Crippen LogP contribution in [0.1, 0.15) is 67.1 Å². The predicted molar refractivity (Wildman–Crippen MR) is 123 cm³/mol. The van der Waals surface area contributed by atoms with Crippen LogP contribution in [-0.2, 0) is 6.42 Å². The van der Waals surface area contributed by atoms with Crippen LogP contribution >= 0.6 is 0 Å². The quantitative estimate of drug-likeness (QED) is 0.678. The normalized spacial score (nSPS) is 18.7. The van der Waals surface area contributed by atoms with Gasteiger partial charge in [-0.1, -0.05) is 25.5 Å². The number of hydrogen-bond donors (Lipinski definition) is 2. The van der Waals surface area contributed by atoms with E-state index in [2.05, 4.69) is 39.7 Å². The lowest BCUT2D eigenvalue weighted by Gasteiger charge is -2.30. The van der Waals surface area contributed by atoms with E-state index in [-0.39, 0.29) is 11.9 Å². The lowest BCUT2D eigenvalue weighted by Crippen LogP contribution is -2.40.